The second-order valence-electron chi connectivity index (χ2n) is 6.17. The molecule has 4 N–H and O–H groups in total. The molecule has 0 saturated heterocycles. The number of anilines is 1. The molecule has 0 fully saturated rings. The zero-order valence-electron chi connectivity index (χ0n) is 14.6. The summed E-state index contributed by atoms with van der Waals surface area (Å²) in [7, 11) is 0. The molecule has 0 saturated carbocycles. The largest absolute Gasteiger partial charge is 0.508 e. The highest BCUT2D eigenvalue weighted by Crippen LogP contribution is 2.36. The van der Waals surface area contributed by atoms with E-state index in [1.54, 1.807) is 35.6 Å². The number of aliphatic hydroxyl groups is 1. The van der Waals surface area contributed by atoms with Crippen molar-refractivity contribution in [1.82, 2.24) is 20.4 Å². The number of hydrazine groups is 1. The first kappa shape index (κ1) is 18.9. The Balaban J connectivity index is 1.97. The first-order valence-corrected chi connectivity index (χ1v) is 8.69. The number of halogens is 1. The average Bonchev–Trinajstić information content (AvgIpc) is 3.05. The number of rotatable bonds is 6. The maximum atomic E-state index is 9.89. The standard InChI is InChI=1S/C18H19ClN6O2/c1-11(10-26)22-18-21-4-2-16(23-18)15-9-25(5-3-20)24-17(15)12-6-13(19)8-14(27)7-12/h2,4,6-9,11,17,24,26-27H,5,10H2,1H3,(H,21,22,23)/t11-,17?/m0/s1. The summed E-state index contributed by atoms with van der Waals surface area (Å²) >= 11 is 6.09. The smallest absolute Gasteiger partial charge is 0.223 e. The number of aliphatic hydroxyl groups excluding tert-OH is 1. The van der Waals surface area contributed by atoms with Gasteiger partial charge in [0.1, 0.15) is 12.3 Å². The van der Waals surface area contributed by atoms with Gasteiger partial charge < -0.3 is 20.5 Å². The number of phenolic OH excluding ortho intramolecular Hbond substituents is 1. The summed E-state index contributed by atoms with van der Waals surface area (Å²) in [6.45, 7) is 1.92. The van der Waals surface area contributed by atoms with E-state index < -0.39 is 0 Å². The molecule has 0 radical (unpaired) electrons. The lowest BCUT2D eigenvalue weighted by Crippen LogP contribution is -2.31. The van der Waals surface area contributed by atoms with Gasteiger partial charge in [0.05, 0.1) is 24.4 Å². The van der Waals surface area contributed by atoms with Crippen LogP contribution in [-0.4, -0.2) is 44.4 Å². The van der Waals surface area contributed by atoms with Crippen molar-refractivity contribution in [3.05, 3.63) is 52.9 Å². The van der Waals surface area contributed by atoms with E-state index in [9.17, 15) is 10.2 Å². The Morgan fingerprint density at radius 2 is 2.26 bits per heavy atom. The quantitative estimate of drug-likeness (QED) is 0.557. The second kappa shape index (κ2) is 8.22. The highest BCUT2D eigenvalue weighted by atomic mass is 35.5. The molecule has 1 aliphatic heterocycles. The number of aromatic hydroxyl groups is 1. The topological polar surface area (TPSA) is 117 Å². The molecule has 1 aromatic heterocycles. The molecule has 1 aliphatic rings. The third-order valence-electron chi connectivity index (χ3n) is 3.98. The molecule has 9 heteroatoms. The van der Waals surface area contributed by atoms with Crippen molar-refractivity contribution in [1.29, 1.82) is 5.26 Å². The Kier molecular flexibility index (Phi) is 5.76. The summed E-state index contributed by atoms with van der Waals surface area (Å²) in [5.74, 6) is 0.445. The lowest BCUT2D eigenvalue weighted by Gasteiger charge is -2.19. The molecule has 2 atom stereocenters. The highest BCUT2D eigenvalue weighted by molar-refractivity contribution is 6.30. The van der Waals surface area contributed by atoms with E-state index in [1.165, 1.54) is 6.07 Å². The molecule has 1 unspecified atom stereocenters. The van der Waals surface area contributed by atoms with E-state index in [4.69, 9.17) is 16.9 Å². The van der Waals surface area contributed by atoms with Crippen LogP contribution in [0.25, 0.3) is 5.57 Å². The van der Waals surface area contributed by atoms with Gasteiger partial charge in [-0.1, -0.05) is 11.6 Å². The van der Waals surface area contributed by atoms with Crippen molar-refractivity contribution in [2.75, 3.05) is 18.5 Å². The van der Waals surface area contributed by atoms with Gasteiger partial charge >= 0.3 is 0 Å². The van der Waals surface area contributed by atoms with Crippen molar-refractivity contribution in [2.45, 2.75) is 19.0 Å². The molecular formula is C18H19ClN6O2. The van der Waals surface area contributed by atoms with E-state index >= 15 is 0 Å². The van der Waals surface area contributed by atoms with Crippen LogP contribution in [0, 0.1) is 11.3 Å². The number of nitrogens with zero attached hydrogens (tertiary/aromatic N) is 4. The van der Waals surface area contributed by atoms with Crippen LogP contribution in [0.2, 0.25) is 5.02 Å². The summed E-state index contributed by atoms with van der Waals surface area (Å²) in [6.07, 6.45) is 3.42. The fraction of sp³-hybridized carbons (Fsp3) is 0.278. The predicted octanol–water partition coefficient (Wildman–Crippen LogP) is 2.05. The molecule has 1 aromatic carbocycles. The minimum absolute atomic E-state index is 0.0434. The van der Waals surface area contributed by atoms with Crippen LogP contribution in [0.3, 0.4) is 0 Å². The van der Waals surface area contributed by atoms with Crippen LogP contribution in [0.5, 0.6) is 5.75 Å². The average molecular weight is 387 g/mol. The van der Waals surface area contributed by atoms with Gasteiger partial charge in [0.2, 0.25) is 5.95 Å². The van der Waals surface area contributed by atoms with Crippen LogP contribution in [0.1, 0.15) is 24.2 Å². The van der Waals surface area contributed by atoms with Gasteiger partial charge in [0.25, 0.3) is 0 Å². The van der Waals surface area contributed by atoms with Crippen LogP contribution < -0.4 is 10.7 Å². The minimum atomic E-state index is -0.346. The number of phenols is 1. The Hall–Kier alpha value is -2.86. The molecule has 0 aliphatic carbocycles. The van der Waals surface area contributed by atoms with Gasteiger partial charge in [0.15, 0.2) is 0 Å². The Labute approximate surface area is 161 Å². The lowest BCUT2D eigenvalue weighted by molar-refractivity contribution is 0.281. The van der Waals surface area contributed by atoms with E-state index in [0.29, 0.717) is 16.7 Å². The third-order valence-corrected chi connectivity index (χ3v) is 4.20. The molecule has 0 amide bonds. The monoisotopic (exact) mass is 386 g/mol. The van der Waals surface area contributed by atoms with Crippen LogP contribution in [-0.2, 0) is 0 Å². The fourth-order valence-corrected chi connectivity index (χ4v) is 3.01. The number of nitrogens with one attached hydrogen (secondary N) is 2. The van der Waals surface area contributed by atoms with E-state index in [0.717, 1.165) is 11.1 Å². The number of hydrogen-bond donors (Lipinski definition) is 4. The van der Waals surface area contributed by atoms with Crippen molar-refractivity contribution in [2.24, 2.45) is 0 Å². The lowest BCUT2D eigenvalue weighted by atomic mass is 9.98. The van der Waals surface area contributed by atoms with Crippen LogP contribution in [0.15, 0.2) is 36.7 Å². The summed E-state index contributed by atoms with van der Waals surface area (Å²) in [4.78, 5) is 8.68. The summed E-state index contributed by atoms with van der Waals surface area (Å²) in [5, 5.41) is 33.2. The fourth-order valence-electron chi connectivity index (χ4n) is 2.77. The van der Waals surface area contributed by atoms with Crippen molar-refractivity contribution < 1.29 is 10.2 Å². The Bertz CT molecular complexity index is 877. The zero-order valence-corrected chi connectivity index (χ0v) is 15.4. The van der Waals surface area contributed by atoms with Crippen LogP contribution >= 0.6 is 11.6 Å². The SMILES string of the molecule is C[C@@H](CO)Nc1nccc(C2=CN(CC#N)NC2c2cc(O)cc(Cl)c2)n1. The van der Waals surface area contributed by atoms with E-state index in [1.807, 2.05) is 6.92 Å². The summed E-state index contributed by atoms with van der Waals surface area (Å²) < 4.78 is 0. The normalized spacial score (nSPS) is 17.3. The number of hydrogen-bond acceptors (Lipinski definition) is 8. The molecular weight excluding hydrogens is 368 g/mol. The van der Waals surface area contributed by atoms with E-state index in [-0.39, 0.29) is 31.0 Å². The van der Waals surface area contributed by atoms with Crippen molar-refractivity contribution in [3.63, 3.8) is 0 Å². The number of benzene rings is 1. The van der Waals surface area contributed by atoms with Gasteiger partial charge in [-0.3, -0.25) is 0 Å². The highest BCUT2D eigenvalue weighted by Gasteiger charge is 2.28. The first-order chi connectivity index (χ1) is 13.0. The third kappa shape index (κ3) is 4.46. The zero-order chi connectivity index (χ0) is 19.4. The van der Waals surface area contributed by atoms with Crippen molar-refractivity contribution >= 4 is 23.1 Å². The number of nitriles is 1. The molecule has 27 heavy (non-hydrogen) atoms. The van der Waals surface area contributed by atoms with Gasteiger partial charge in [-0.2, -0.15) is 5.26 Å². The maximum Gasteiger partial charge on any atom is 0.223 e. The first-order valence-electron chi connectivity index (χ1n) is 8.32. The Morgan fingerprint density at radius 1 is 1.44 bits per heavy atom. The molecule has 8 nitrogen and oxygen atoms in total. The summed E-state index contributed by atoms with van der Waals surface area (Å²) in [5.41, 5.74) is 5.40. The van der Waals surface area contributed by atoms with Gasteiger partial charge in [-0.05, 0) is 36.8 Å². The molecule has 0 bridgehead atoms. The predicted molar refractivity (Wildman–Crippen MR) is 101 cm³/mol. The molecule has 2 aromatic rings. The van der Waals surface area contributed by atoms with Gasteiger partial charge in [-0.25, -0.2) is 15.4 Å². The number of aromatic nitrogens is 2. The van der Waals surface area contributed by atoms with E-state index in [2.05, 4.69) is 26.8 Å². The molecule has 140 valence electrons. The molecule has 2 heterocycles. The van der Waals surface area contributed by atoms with Gasteiger partial charge in [0, 0.05) is 29.0 Å². The van der Waals surface area contributed by atoms with Gasteiger partial charge in [-0.15, -0.1) is 0 Å². The maximum absolute atomic E-state index is 9.89. The minimum Gasteiger partial charge on any atom is -0.508 e. The van der Waals surface area contributed by atoms with Crippen molar-refractivity contribution in [3.8, 4) is 11.8 Å². The Morgan fingerprint density at radius 3 is 2.96 bits per heavy atom. The van der Waals surface area contributed by atoms with Crippen LogP contribution in [0.4, 0.5) is 5.95 Å². The molecule has 0 spiro atoms. The molecule has 3 rings (SSSR count). The summed E-state index contributed by atoms with van der Waals surface area (Å²) in [6, 6.07) is 8.13. The second-order valence-corrected chi connectivity index (χ2v) is 6.61.